The highest BCUT2D eigenvalue weighted by atomic mass is 35.5. The molecule has 1 aliphatic heterocycles. The number of hydrogen-bond acceptors (Lipinski definition) is 3. The molecular formula is C10H15ClN2OS. The number of carbonyl (C=O) groups excluding carboxylic acids is 1. The molecule has 2 rings (SSSR count). The lowest BCUT2D eigenvalue weighted by Crippen LogP contribution is -2.51. The van der Waals surface area contributed by atoms with Crippen LogP contribution in [0.15, 0.2) is 17.5 Å². The van der Waals surface area contributed by atoms with E-state index < -0.39 is 0 Å². The summed E-state index contributed by atoms with van der Waals surface area (Å²) in [5, 5.41) is 5.26. The maximum atomic E-state index is 11.9. The molecule has 1 saturated heterocycles. The molecule has 1 aliphatic rings. The molecule has 1 fully saturated rings. The normalized spacial score (nSPS) is 20.9. The first-order valence-corrected chi connectivity index (χ1v) is 5.71. The minimum Gasteiger partial charge on any atom is -0.335 e. The topological polar surface area (TPSA) is 32.3 Å². The molecule has 1 aromatic rings. The first-order chi connectivity index (χ1) is 6.77. The largest absolute Gasteiger partial charge is 0.335 e. The van der Waals surface area contributed by atoms with Crippen LogP contribution >= 0.6 is 23.7 Å². The second-order valence-electron chi connectivity index (χ2n) is 3.58. The van der Waals surface area contributed by atoms with Crippen molar-refractivity contribution >= 4 is 29.7 Å². The van der Waals surface area contributed by atoms with Crippen molar-refractivity contribution in [3.63, 3.8) is 0 Å². The predicted octanol–water partition coefficient (Wildman–Crippen LogP) is 1.60. The Morgan fingerprint density at radius 2 is 2.47 bits per heavy atom. The molecule has 0 aromatic carbocycles. The van der Waals surface area contributed by atoms with Gasteiger partial charge in [-0.05, 0) is 18.4 Å². The summed E-state index contributed by atoms with van der Waals surface area (Å²) in [6, 6.07) is 4.22. The number of nitrogens with one attached hydrogen (secondary N) is 1. The molecule has 1 amide bonds. The van der Waals surface area contributed by atoms with Gasteiger partial charge in [-0.25, -0.2) is 0 Å². The van der Waals surface area contributed by atoms with E-state index in [-0.39, 0.29) is 18.3 Å². The van der Waals surface area contributed by atoms with Gasteiger partial charge in [-0.15, -0.1) is 23.7 Å². The second-order valence-corrected chi connectivity index (χ2v) is 4.53. The summed E-state index contributed by atoms with van der Waals surface area (Å²) < 4.78 is 0. The Morgan fingerprint density at radius 3 is 3.07 bits per heavy atom. The summed E-state index contributed by atoms with van der Waals surface area (Å²) in [6.07, 6.45) is 0. The minimum atomic E-state index is 0. The Labute approximate surface area is 99.9 Å². The number of nitrogens with zero attached hydrogens (tertiary/aromatic N) is 1. The molecule has 1 atom stereocenters. The summed E-state index contributed by atoms with van der Waals surface area (Å²) in [5.41, 5.74) is 0. The molecular weight excluding hydrogens is 232 g/mol. The minimum absolute atomic E-state index is 0. The number of carbonyl (C=O) groups is 1. The molecule has 15 heavy (non-hydrogen) atoms. The average molecular weight is 247 g/mol. The maximum absolute atomic E-state index is 11.9. The zero-order chi connectivity index (χ0) is 9.97. The van der Waals surface area contributed by atoms with E-state index in [1.54, 1.807) is 0 Å². The van der Waals surface area contributed by atoms with Gasteiger partial charge >= 0.3 is 0 Å². The lowest BCUT2D eigenvalue weighted by Gasteiger charge is -2.31. The van der Waals surface area contributed by atoms with Crippen molar-refractivity contribution in [2.45, 2.75) is 13.0 Å². The zero-order valence-electron chi connectivity index (χ0n) is 8.60. The Hall–Kier alpha value is -0.580. The van der Waals surface area contributed by atoms with Crippen LogP contribution < -0.4 is 5.32 Å². The lowest BCUT2D eigenvalue weighted by atomic mass is 10.2. The highest BCUT2D eigenvalue weighted by Gasteiger charge is 2.21. The van der Waals surface area contributed by atoms with Crippen LogP contribution in [-0.2, 0) is 0 Å². The van der Waals surface area contributed by atoms with E-state index in [0.29, 0.717) is 6.04 Å². The van der Waals surface area contributed by atoms with Crippen LogP contribution in [0.3, 0.4) is 0 Å². The van der Waals surface area contributed by atoms with Crippen molar-refractivity contribution in [1.29, 1.82) is 0 Å². The first-order valence-electron chi connectivity index (χ1n) is 4.83. The van der Waals surface area contributed by atoms with Gasteiger partial charge < -0.3 is 10.2 Å². The van der Waals surface area contributed by atoms with Crippen molar-refractivity contribution in [2.75, 3.05) is 19.6 Å². The Kier molecular flexibility index (Phi) is 4.57. The standard InChI is InChI=1S/C10H14N2OS.ClH/c1-8-7-12(5-4-11-8)10(13)9-3-2-6-14-9;/h2-3,6,8,11H,4-5,7H2,1H3;1H/t8-;/m0./s1. The number of piperazine rings is 1. The van der Waals surface area contributed by atoms with E-state index in [2.05, 4.69) is 12.2 Å². The SMILES string of the molecule is C[C@H]1CN(C(=O)c2cccs2)CCN1.Cl. The van der Waals surface area contributed by atoms with Crippen LogP contribution in [0.4, 0.5) is 0 Å². The van der Waals surface area contributed by atoms with Crippen molar-refractivity contribution in [3.05, 3.63) is 22.4 Å². The number of thiophene rings is 1. The zero-order valence-corrected chi connectivity index (χ0v) is 10.2. The van der Waals surface area contributed by atoms with Gasteiger partial charge in [0.2, 0.25) is 0 Å². The second kappa shape index (κ2) is 5.49. The van der Waals surface area contributed by atoms with E-state index in [0.717, 1.165) is 24.5 Å². The molecule has 84 valence electrons. The highest BCUT2D eigenvalue weighted by molar-refractivity contribution is 7.12. The fraction of sp³-hybridized carbons (Fsp3) is 0.500. The summed E-state index contributed by atoms with van der Waals surface area (Å²) in [5.74, 6) is 0.174. The molecule has 0 aliphatic carbocycles. The van der Waals surface area contributed by atoms with Gasteiger partial charge in [0.25, 0.3) is 5.91 Å². The van der Waals surface area contributed by atoms with Crippen LogP contribution in [0.2, 0.25) is 0 Å². The Morgan fingerprint density at radius 1 is 1.67 bits per heavy atom. The first kappa shape index (κ1) is 12.5. The van der Waals surface area contributed by atoms with Gasteiger partial charge in [-0.1, -0.05) is 6.07 Å². The van der Waals surface area contributed by atoms with E-state index in [1.807, 2.05) is 22.4 Å². The fourth-order valence-electron chi connectivity index (χ4n) is 1.67. The molecule has 1 aromatic heterocycles. The molecule has 3 nitrogen and oxygen atoms in total. The molecule has 5 heteroatoms. The number of halogens is 1. The van der Waals surface area contributed by atoms with Crippen molar-refractivity contribution < 1.29 is 4.79 Å². The van der Waals surface area contributed by atoms with Crippen molar-refractivity contribution in [1.82, 2.24) is 10.2 Å². The number of rotatable bonds is 1. The van der Waals surface area contributed by atoms with Gasteiger partial charge in [0.1, 0.15) is 0 Å². The van der Waals surface area contributed by atoms with Crippen LogP contribution in [-0.4, -0.2) is 36.5 Å². The molecule has 0 radical (unpaired) electrons. The summed E-state index contributed by atoms with van der Waals surface area (Å²) >= 11 is 1.51. The summed E-state index contributed by atoms with van der Waals surface area (Å²) in [6.45, 7) is 4.64. The van der Waals surface area contributed by atoms with Crippen molar-refractivity contribution in [2.24, 2.45) is 0 Å². The molecule has 2 heterocycles. The highest BCUT2D eigenvalue weighted by Crippen LogP contribution is 2.13. The number of amides is 1. The van der Waals surface area contributed by atoms with E-state index >= 15 is 0 Å². The quantitative estimate of drug-likeness (QED) is 0.817. The van der Waals surface area contributed by atoms with Crippen LogP contribution in [0.1, 0.15) is 16.6 Å². The van der Waals surface area contributed by atoms with Gasteiger partial charge in [0.15, 0.2) is 0 Å². The number of hydrogen-bond donors (Lipinski definition) is 1. The van der Waals surface area contributed by atoms with Gasteiger partial charge in [-0.2, -0.15) is 0 Å². The third kappa shape index (κ3) is 2.93. The maximum Gasteiger partial charge on any atom is 0.264 e. The van der Waals surface area contributed by atoms with E-state index in [9.17, 15) is 4.79 Å². The molecule has 0 saturated carbocycles. The average Bonchev–Trinajstić information content (AvgIpc) is 2.69. The van der Waals surface area contributed by atoms with Crippen LogP contribution in [0.25, 0.3) is 0 Å². The summed E-state index contributed by atoms with van der Waals surface area (Å²) in [7, 11) is 0. The third-order valence-corrected chi connectivity index (χ3v) is 3.25. The lowest BCUT2D eigenvalue weighted by molar-refractivity contribution is 0.0714. The van der Waals surface area contributed by atoms with Gasteiger partial charge in [0.05, 0.1) is 4.88 Å². The predicted molar refractivity (Wildman–Crippen MR) is 64.9 cm³/mol. The molecule has 0 spiro atoms. The van der Waals surface area contributed by atoms with Gasteiger partial charge in [-0.3, -0.25) is 4.79 Å². The molecule has 0 bridgehead atoms. The fourth-order valence-corrected chi connectivity index (χ4v) is 2.36. The van der Waals surface area contributed by atoms with E-state index in [4.69, 9.17) is 0 Å². The van der Waals surface area contributed by atoms with Crippen LogP contribution in [0.5, 0.6) is 0 Å². The molecule has 1 N–H and O–H groups in total. The van der Waals surface area contributed by atoms with E-state index in [1.165, 1.54) is 11.3 Å². The monoisotopic (exact) mass is 246 g/mol. The Balaban J connectivity index is 0.00000112. The molecule has 0 unspecified atom stereocenters. The van der Waals surface area contributed by atoms with Gasteiger partial charge in [0, 0.05) is 25.7 Å². The smallest absolute Gasteiger partial charge is 0.264 e. The third-order valence-electron chi connectivity index (χ3n) is 2.39. The van der Waals surface area contributed by atoms with Crippen LogP contribution in [0, 0.1) is 0 Å². The Bertz CT molecular complexity index is 315. The summed E-state index contributed by atoms with van der Waals surface area (Å²) in [4.78, 5) is 14.7. The van der Waals surface area contributed by atoms with Crippen molar-refractivity contribution in [3.8, 4) is 0 Å².